The maximum atomic E-state index is 13.2. The van der Waals surface area contributed by atoms with Crippen LogP contribution in [0.2, 0.25) is 0 Å². The fraction of sp³-hybridized carbons (Fsp3) is 0.478. The molecule has 3 heterocycles. The molecule has 2 aromatic rings. The first-order valence-corrected chi connectivity index (χ1v) is 11.5. The topological polar surface area (TPSA) is 66.6 Å². The predicted molar refractivity (Wildman–Crippen MR) is 118 cm³/mol. The van der Waals surface area contributed by atoms with Gasteiger partial charge in [0.05, 0.1) is 9.88 Å². The van der Waals surface area contributed by atoms with Crippen LogP contribution in [0.3, 0.4) is 0 Å². The number of primary amides is 1. The SMILES string of the molecule is NC(=O)C1CCN(C(=O)c2cc(-c3ccccc3)c(N3CCCCCC3)s2)CC1. The van der Waals surface area contributed by atoms with Crippen molar-refractivity contribution in [3.8, 4) is 11.1 Å². The van der Waals surface area contributed by atoms with Crippen LogP contribution < -0.4 is 10.6 Å². The molecule has 0 saturated carbocycles. The van der Waals surface area contributed by atoms with Crippen molar-refractivity contribution >= 4 is 28.2 Å². The van der Waals surface area contributed by atoms with Crippen LogP contribution in [0.25, 0.3) is 11.1 Å². The molecular weight excluding hydrogens is 382 g/mol. The average Bonchev–Trinajstić information content (AvgIpc) is 3.02. The van der Waals surface area contributed by atoms with E-state index < -0.39 is 0 Å². The second kappa shape index (κ2) is 8.99. The van der Waals surface area contributed by atoms with E-state index in [1.165, 1.54) is 30.7 Å². The molecule has 2 amide bonds. The van der Waals surface area contributed by atoms with E-state index in [4.69, 9.17) is 5.73 Å². The van der Waals surface area contributed by atoms with Gasteiger partial charge in [0.25, 0.3) is 5.91 Å². The summed E-state index contributed by atoms with van der Waals surface area (Å²) in [5, 5.41) is 1.22. The van der Waals surface area contributed by atoms with Crippen LogP contribution in [0.5, 0.6) is 0 Å². The average molecular weight is 412 g/mol. The van der Waals surface area contributed by atoms with Crippen LogP contribution in [-0.2, 0) is 4.79 Å². The highest BCUT2D eigenvalue weighted by Crippen LogP contribution is 2.40. The van der Waals surface area contributed by atoms with Crippen molar-refractivity contribution in [1.29, 1.82) is 0 Å². The van der Waals surface area contributed by atoms with Gasteiger partial charge in [0.2, 0.25) is 5.91 Å². The van der Waals surface area contributed by atoms with Crippen molar-refractivity contribution in [2.45, 2.75) is 38.5 Å². The number of hydrogen-bond donors (Lipinski definition) is 1. The van der Waals surface area contributed by atoms with Crippen molar-refractivity contribution in [3.05, 3.63) is 41.3 Å². The van der Waals surface area contributed by atoms with E-state index in [2.05, 4.69) is 35.2 Å². The summed E-state index contributed by atoms with van der Waals surface area (Å²) in [6.45, 7) is 3.31. The molecule has 1 aromatic carbocycles. The number of piperidine rings is 1. The molecule has 0 unspecified atom stereocenters. The highest BCUT2D eigenvalue weighted by Gasteiger charge is 2.29. The number of anilines is 1. The molecule has 5 nitrogen and oxygen atoms in total. The highest BCUT2D eigenvalue weighted by molar-refractivity contribution is 7.18. The maximum Gasteiger partial charge on any atom is 0.264 e. The number of nitrogens with two attached hydrogens (primary N) is 1. The van der Waals surface area contributed by atoms with E-state index in [-0.39, 0.29) is 17.7 Å². The summed E-state index contributed by atoms with van der Waals surface area (Å²) in [5.74, 6) is -0.269. The van der Waals surface area contributed by atoms with E-state index in [0.717, 1.165) is 29.1 Å². The predicted octanol–water partition coefficient (Wildman–Crippen LogP) is 4.13. The van der Waals surface area contributed by atoms with Gasteiger partial charge in [-0.3, -0.25) is 9.59 Å². The standard InChI is InChI=1S/C23H29N3O2S/c24-21(27)18-10-14-25(15-11-18)22(28)20-16-19(17-8-4-3-5-9-17)23(29-20)26-12-6-1-2-7-13-26/h3-5,8-9,16,18H,1-2,6-7,10-15H2,(H2,24,27). The number of nitrogens with zero attached hydrogens (tertiary/aromatic N) is 2. The van der Waals surface area contributed by atoms with Crippen molar-refractivity contribution < 1.29 is 9.59 Å². The van der Waals surface area contributed by atoms with Gasteiger partial charge in [0, 0.05) is 37.7 Å². The molecule has 2 saturated heterocycles. The Labute approximate surface area is 176 Å². The van der Waals surface area contributed by atoms with Crippen LogP contribution in [-0.4, -0.2) is 42.9 Å². The number of carbonyl (C=O) groups excluding carboxylic acids is 2. The van der Waals surface area contributed by atoms with Gasteiger partial charge in [-0.15, -0.1) is 11.3 Å². The third-order valence-electron chi connectivity index (χ3n) is 6.09. The van der Waals surface area contributed by atoms with Gasteiger partial charge in [-0.2, -0.15) is 0 Å². The number of hydrogen-bond acceptors (Lipinski definition) is 4. The van der Waals surface area contributed by atoms with E-state index in [9.17, 15) is 9.59 Å². The Bertz CT molecular complexity index is 848. The number of rotatable bonds is 4. The minimum absolute atomic E-state index is 0.0798. The second-order valence-corrected chi connectivity index (χ2v) is 9.10. The Morgan fingerprint density at radius 3 is 2.21 bits per heavy atom. The quantitative estimate of drug-likeness (QED) is 0.822. The van der Waals surface area contributed by atoms with Gasteiger partial charge < -0.3 is 15.5 Å². The summed E-state index contributed by atoms with van der Waals surface area (Å²) < 4.78 is 0. The molecule has 29 heavy (non-hydrogen) atoms. The van der Waals surface area contributed by atoms with E-state index >= 15 is 0 Å². The lowest BCUT2D eigenvalue weighted by molar-refractivity contribution is -0.123. The van der Waals surface area contributed by atoms with E-state index in [0.29, 0.717) is 25.9 Å². The zero-order chi connectivity index (χ0) is 20.2. The number of carbonyl (C=O) groups is 2. The van der Waals surface area contributed by atoms with E-state index in [1.807, 2.05) is 11.0 Å². The van der Waals surface area contributed by atoms with Crippen molar-refractivity contribution in [1.82, 2.24) is 4.90 Å². The van der Waals surface area contributed by atoms with Gasteiger partial charge in [0.15, 0.2) is 0 Å². The Morgan fingerprint density at radius 2 is 1.59 bits per heavy atom. The molecule has 0 atom stereocenters. The Balaban J connectivity index is 1.60. The van der Waals surface area contributed by atoms with Crippen LogP contribution in [0.1, 0.15) is 48.2 Å². The first kappa shape index (κ1) is 20.0. The molecular formula is C23H29N3O2S. The minimum atomic E-state index is -0.247. The first-order chi connectivity index (χ1) is 14.1. The first-order valence-electron chi connectivity index (χ1n) is 10.7. The van der Waals surface area contributed by atoms with Crippen molar-refractivity contribution in [2.24, 2.45) is 11.7 Å². The zero-order valence-electron chi connectivity index (χ0n) is 16.8. The molecule has 0 aliphatic carbocycles. The molecule has 1 aromatic heterocycles. The number of thiophene rings is 1. The fourth-order valence-corrected chi connectivity index (χ4v) is 5.54. The molecule has 2 aliphatic heterocycles. The normalized spacial score (nSPS) is 18.5. The Morgan fingerprint density at radius 1 is 0.931 bits per heavy atom. The zero-order valence-corrected chi connectivity index (χ0v) is 17.6. The molecule has 4 rings (SSSR count). The van der Waals surface area contributed by atoms with Gasteiger partial charge >= 0.3 is 0 Å². The monoisotopic (exact) mass is 411 g/mol. The third-order valence-corrected chi connectivity index (χ3v) is 7.27. The summed E-state index contributed by atoms with van der Waals surface area (Å²) in [6, 6.07) is 12.4. The van der Waals surface area contributed by atoms with Crippen LogP contribution >= 0.6 is 11.3 Å². The molecule has 2 fully saturated rings. The molecule has 154 valence electrons. The Kier molecular flexibility index (Phi) is 6.19. The molecule has 2 N–H and O–H groups in total. The summed E-state index contributed by atoms with van der Waals surface area (Å²) in [5.41, 5.74) is 7.76. The Hall–Kier alpha value is -2.34. The summed E-state index contributed by atoms with van der Waals surface area (Å²) in [7, 11) is 0. The maximum absolute atomic E-state index is 13.2. The molecule has 0 bridgehead atoms. The lowest BCUT2D eigenvalue weighted by atomic mass is 9.96. The molecule has 6 heteroatoms. The lowest BCUT2D eigenvalue weighted by Gasteiger charge is -2.30. The number of amides is 2. The number of likely N-dealkylation sites (tertiary alicyclic amines) is 1. The summed E-state index contributed by atoms with van der Waals surface area (Å²) in [6.07, 6.45) is 6.30. The van der Waals surface area contributed by atoms with Crippen LogP contribution in [0.15, 0.2) is 36.4 Å². The number of benzene rings is 1. The van der Waals surface area contributed by atoms with Gasteiger partial charge in [-0.05, 0) is 37.3 Å². The second-order valence-electron chi connectivity index (χ2n) is 8.07. The molecule has 2 aliphatic rings. The fourth-order valence-electron chi connectivity index (χ4n) is 4.34. The van der Waals surface area contributed by atoms with Crippen molar-refractivity contribution in [2.75, 3.05) is 31.1 Å². The van der Waals surface area contributed by atoms with Crippen LogP contribution in [0.4, 0.5) is 5.00 Å². The summed E-state index contributed by atoms with van der Waals surface area (Å²) >= 11 is 1.62. The van der Waals surface area contributed by atoms with Gasteiger partial charge in [-0.25, -0.2) is 0 Å². The molecule has 0 spiro atoms. The van der Waals surface area contributed by atoms with E-state index in [1.54, 1.807) is 11.3 Å². The highest BCUT2D eigenvalue weighted by atomic mass is 32.1. The lowest BCUT2D eigenvalue weighted by Crippen LogP contribution is -2.41. The van der Waals surface area contributed by atoms with Gasteiger partial charge in [-0.1, -0.05) is 43.2 Å². The van der Waals surface area contributed by atoms with Crippen LogP contribution in [0, 0.1) is 5.92 Å². The minimum Gasteiger partial charge on any atom is -0.369 e. The van der Waals surface area contributed by atoms with Gasteiger partial charge in [0.1, 0.15) is 0 Å². The largest absolute Gasteiger partial charge is 0.369 e. The smallest absolute Gasteiger partial charge is 0.264 e. The third kappa shape index (κ3) is 4.47. The summed E-state index contributed by atoms with van der Waals surface area (Å²) in [4.78, 5) is 29.8. The van der Waals surface area contributed by atoms with Crippen molar-refractivity contribution in [3.63, 3.8) is 0 Å². The molecule has 0 radical (unpaired) electrons.